The fourth-order valence-electron chi connectivity index (χ4n) is 2.30. The second-order valence-corrected chi connectivity index (χ2v) is 5.84. The zero-order chi connectivity index (χ0) is 14.4. The minimum absolute atomic E-state index is 0.0438. The van der Waals surface area contributed by atoms with Crippen molar-refractivity contribution in [3.63, 3.8) is 0 Å². The largest absolute Gasteiger partial charge is 0.376 e. The van der Waals surface area contributed by atoms with Gasteiger partial charge in [-0.2, -0.15) is 0 Å². The fraction of sp³-hybridized carbons (Fsp3) is 0.533. The van der Waals surface area contributed by atoms with E-state index >= 15 is 0 Å². The molecule has 20 heavy (non-hydrogen) atoms. The summed E-state index contributed by atoms with van der Waals surface area (Å²) in [4.78, 5) is 12.1. The number of hydrogen-bond donors (Lipinski definition) is 2. The van der Waals surface area contributed by atoms with Gasteiger partial charge in [0.2, 0.25) is 0 Å². The molecule has 4 nitrogen and oxygen atoms in total. The summed E-state index contributed by atoms with van der Waals surface area (Å²) in [6.07, 6.45) is 2.44. The Morgan fingerprint density at radius 1 is 1.45 bits per heavy atom. The quantitative estimate of drug-likeness (QED) is 0.808. The Balaban J connectivity index is 1.73. The van der Waals surface area contributed by atoms with Crippen LogP contribution >= 0.6 is 15.9 Å². The van der Waals surface area contributed by atoms with E-state index in [1.807, 2.05) is 25.1 Å². The molecular formula is C15H21BrN2O2. The van der Waals surface area contributed by atoms with Crippen LogP contribution in [-0.2, 0) is 4.74 Å². The third-order valence-corrected chi connectivity index (χ3v) is 4.40. The molecule has 5 heteroatoms. The number of amides is 1. The van der Waals surface area contributed by atoms with Gasteiger partial charge in [0, 0.05) is 16.6 Å². The summed E-state index contributed by atoms with van der Waals surface area (Å²) in [5.74, 6) is -0.0438. The van der Waals surface area contributed by atoms with Crippen LogP contribution in [0.25, 0.3) is 0 Å². The maximum absolute atomic E-state index is 12.1. The van der Waals surface area contributed by atoms with E-state index in [0.717, 1.165) is 36.0 Å². The molecule has 0 radical (unpaired) electrons. The van der Waals surface area contributed by atoms with Crippen LogP contribution in [0.15, 0.2) is 22.7 Å². The van der Waals surface area contributed by atoms with E-state index in [0.29, 0.717) is 24.8 Å². The second-order valence-electron chi connectivity index (χ2n) is 4.99. The normalized spacial score (nSPS) is 16.1. The van der Waals surface area contributed by atoms with Crippen molar-refractivity contribution < 1.29 is 9.53 Å². The Bertz CT molecular complexity index is 459. The lowest BCUT2D eigenvalue weighted by molar-refractivity contribution is 0.0343. The summed E-state index contributed by atoms with van der Waals surface area (Å²) in [7, 11) is 0. The molecule has 0 aromatic heterocycles. The van der Waals surface area contributed by atoms with Gasteiger partial charge in [0.1, 0.15) is 0 Å². The molecular weight excluding hydrogens is 320 g/mol. The Morgan fingerprint density at radius 2 is 2.20 bits per heavy atom. The first-order valence-corrected chi connectivity index (χ1v) is 7.83. The van der Waals surface area contributed by atoms with Gasteiger partial charge in [0.25, 0.3) is 5.91 Å². The first kappa shape index (κ1) is 15.5. The average molecular weight is 341 g/mol. The van der Waals surface area contributed by atoms with Gasteiger partial charge in [-0.15, -0.1) is 0 Å². The van der Waals surface area contributed by atoms with Gasteiger partial charge in [-0.05, 0) is 50.6 Å². The molecule has 2 rings (SSSR count). The monoisotopic (exact) mass is 340 g/mol. The molecule has 0 atom stereocenters. The minimum atomic E-state index is -0.0438. The third kappa shape index (κ3) is 4.30. The van der Waals surface area contributed by atoms with Crippen molar-refractivity contribution in [2.75, 3.05) is 26.2 Å². The summed E-state index contributed by atoms with van der Waals surface area (Å²) < 4.78 is 6.71. The van der Waals surface area contributed by atoms with E-state index in [-0.39, 0.29) is 5.91 Å². The highest BCUT2D eigenvalue weighted by molar-refractivity contribution is 9.10. The number of carbonyl (C=O) groups excluding carboxylic acids is 1. The second kappa shape index (κ2) is 7.76. The van der Waals surface area contributed by atoms with E-state index in [1.165, 1.54) is 0 Å². The van der Waals surface area contributed by atoms with Crippen molar-refractivity contribution in [3.05, 3.63) is 33.8 Å². The summed E-state index contributed by atoms with van der Waals surface area (Å²) in [6.45, 7) is 5.10. The number of hydrogen-bond acceptors (Lipinski definition) is 3. The number of ether oxygens (including phenoxy) is 1. The number of halogens is 1. The van der Waals surface area contributed by atoms with Gasteiger partial charge < -0.3 is 15.4 Å². The van der Waals surface area contributed by atoms with Gasteiger partial charge in [-0.1, -0.05) is 22.0 Å². The van der Waals surface area contributed by atoms with Crippen LogP contribution in [0, 0.1) is 6.92 Å². The molecule has 1 fully saturated rings. The molecule has 1 heterocycles. The van der Waals surface area contributed by atoms with E-state index in [1.54, 1.807) is 0 Å². The molecule has 1 saturated heterocycles. The molecule has 1 aromatic rings. The van der Waals surface area contributed by atoms with Crippen molar-refractivity contribution in [3.8, 4) is 0 Å². The highest BCUT2D eigenvalue weighted by atomic mass is 79.9. The maximum atomic E-state index is 12.1. The number of carbonyl (C=O) groups is 1. The summed E-state index contributed by atoms with van der Waals surface area (Å²) in [5, 5.41) is 6.21. The Labute approximate surface area is 128 Å². The SMILES string of the molecule is Cc1c(Br)cccc1C(=O)NCCOC1CCNCC1. The third-order valence-electron chi connectivity index (χ3n) is 3.54. The van der Waals surface area contributed by atoms with Gasteiger partial charge in [0.15, 0.2) is 0 Å². The number of rotatable bonds is 5. The topological polar surface area (TPSA) is 50.4 Å². The first-order valence-electron chi connectivity index (χ1n) is 7.04. The molecule has 110 valence electrons. The minimum Gasteiger partial charge on any atom is -0.376 e. The lowest BCUT2D eigenvalue weighted by Crippen LogP contribution is -2.35. The van der Waals surface area contributed by atoms with Gasteiger partial charge >= 0.3 is 0 Å². The first-order chi connectivity index (χ1) is 9.68. The Kier molecular flexibility index (Phi) is 6.01. The van der Waals surface area contributed by atoms with Crippen molar-refractivity contribution in [1.29, 1.82) is 0 Å². The molecule has 2 N–H and O–H groups in total. The molecule has 1 aromatic carbocycles. The van der Waals surface area contributed by atoms with Gasteiger partial charge in [-0.25, -0.2) is 0 Å². The van der Waals surface area contributed by atoms with Gasteiger partial charge in [-0.3, -0.25) is 4.79 Å². The molecule has 0 spiro atoms. The van der Waals surface area contributed by atoms with Crippen LogP contribution in [0.2, 0.25) is 0 Å². The number of piperidine rings is 1. The molecule has 1 aliphatic rings. The van der Waals surface area contributed by atoms with Crippen LogP contribution in [0.1, 0.15) is 28.8 Å². The van der Waals surface area contributed by atoms with Crippen LogP contribution in [-0.4, -0.2) is 38.3 Å². The zero-order valence-corrected chi connectivity index (χ0v) is 13.3. The maximum Gasteiger partial charge on any atom is 0.251 e. The number of nitrogens with one attached hydrogen (secondary N) is 2. The lowest BCUT2D eigenvalue weighted by atomic mass is 10.1. The fourth-order valence-corrected chi connectivity index (χ4v) is 2.67. The van der Waals surface area contributed by atoms with Crippen LogP contribution in [0.3, 0.4) is 0 Å². The van der Waals surface area contributed by atoms with Crippen molar-refractivity contribution >= 4 is 21.8 Å². The lowest BCUT2D eigenvalue weighted by Gasteiger charge is -2.23. The summed E-state index contributed by atoms with van der Waals surface area (Å²) in [5.41, 5.74) is 1.67. The van der Waals surface area contributed by atoms with Crippen molar-refractivity contribution in [2.45, 2.75) is 25.9 Å². The van der Waals surface area contributed by atoms with E-state index in [9.17, 15) is 4.79 Å². The molecule has 1 aliphatic heterocycles. The predicted octanol–water partition coefficient (Wildman–Crippen LogP) is 2.26. The van der Waals surface area contributed by atoms with Crippen molar-refractivity contribution in [1.82, 2.24) is 10.6 Å². The molecule has 0 bridgehead atoms. The highest BCUT2D eigenvalue weighted by Crippen LogP contribution is 2.19. The van der Waals surface area contributed by atoms with E-state index < -0.39 is 0 Å². The standard InChI is InChI=1S/C15H21BrN2O2/c1-11-13(3-2-4-14(11)16)15(19)18-9-10-20-12-5-7-17-8-6-12/h2-4,12,17H,5-10H2,1H3,(H,18,19). The summed E-state index contributed by atoms with van der Waals surface area (Å²) >= 11 is 3.44. The number of benzene rings is 1. The molecule has 1 amide bonds. The molecule has 0 unspecified atom stereocenters. The van der Waals surface area contributed by atoms with Crippen molar-refractivity contribution in [2.24, 2.45) is 0 Å². The Morgan fingerprint density at radius 3 is 2.95 bits per heavy atom. The molecule has 0 aliphatic carbocycles. The predicted molar refractivity (Wildman–Crippen MR) is 83.1 cm³/mol. The van der Waals surface area contributed by atoms with Crippen LogP contribution in [0.4, 0.5) is 0 Å². The van der Waals surface area contributed by atoms with E-state index in [4.69, 9.17) is 4.74 Å². The zero-order valence-electron chi connectivity index (χ0n) is 11.7. The molecule has 0 saturated carbocycles. The van der Waals surface area contributed by atoms with E-state index in [2.05, 4.69) is 26.6 Å². The average Bonchev–Trinajstić information content (AvgIpc) is 2.47. The smallest absolute Gasteiger partial charge is 0.251 e. The Hall–Kier alpha value is -0.910. The van der Waals surface area contributed by atoms with Crippen LogP contribution < -0.4 is 10.6 Å². The summed E-state index contributed by atoms with van der Waals surface area (Å²) in [6, 6.07) is 5.65. The van der Waals surface area contributed by atoms with Crippen LogP contribution in [0.5, 0.6) is 0 Å². The van der Waals surface area contributed by atoms with Gasteiger partial charge in [0.05, 0.1) is 12.7 Å². The highest BCUT2D eigenvalue weighted by Gasteiger charge is 2.13.